The molecule has 1 saturated heterocycles. The van der Waals surface area contributed by atoms with E-state index in [9.17, 15) is 0 Å². The third-order valence-corrected chi connectivity index (χ3v) is 5.74. The molecule has 0 radical (unpaired) electrons. The average Bonchev–Trinajstić information content (AvgIpc) is 2.21. The van der Waals surface area contributed by atoms with Crippen LogP contribution in [-0.2, 0) is 13.7 Å². The van der Waals surface area contributed by atoms with Crippen LogP contribution in [0.4, 0.5) is 0 Å². The van der Waals surface area contributed by atoms with Crippen LogP contribution < -0.4 is 0 Å². The van der Waals surface area contributed by atoms with Gasteiger partial charge in [-0.3, -0.25) is 0 Å². The highest BCUT2D eigenvalue weighted by atomic mass is 28.3. The van der Waals surface area contributed by atoms with Crippen LogP contribution in [0.2, 0.25) is 13.1 Å². The van der Waals surface area contributed by atoms with Crippen LogP contribution in [0.1, 0.15) is 34.6 Å². The summed E-state index contributed by atoms with van der Waals surface area (Å²) in [7, 11) is -1.89. The van der Waals surface area contributed by atoms with Crippen molar-refractivity contribution in [1.29, 1.82) is 0 Å². The van der Waals surface area contributed by atoms with Crippen molar-refractivity contribution >= 4 is 14.9 Å². The van der Waals surface area contributed by atoms with Crippen molar-refractivity contribution in [3.05, 3.63) is 0 Å². The molecule has 0 aromatic heterocycles. The summed E-state index contributed by atoms with van der Waals surface area (Å²) >= 11 is 0. The molecule has 15 heavy (non-hydrogen) atoms. The zero-order valence-electron chi connectivity index (χ0n) is 11.0. The quantitative estimate of drug-likeness (QED) is 0.697. The Balaban J connectivity index is 2.78. The van der Waals surface area contributed by atoms with Gasteiger partial charge in [-0.15, -0.1) is 0 Å². The summed E-state index contributed by atoms with van der Waals surface area (Å²) in [4.78, 5) is 0. The summed E-state index contributed by atoms with van der Waals surface area (Å²) < 4.78 is 17.8. The molecule has 0 aliphatic carbocycles. The summed E-state index contributed by atoms with van der Waals surface area (Å²) in [6, 6.07) is 0. The van der Waals surface area contributed by atoms with Crippen molar-refractivity contribution in [3.63, 3.8) is 0 Å². The van der Waals surface area contributed by atoms with Crippen molar-refractivity contribution in [1.82, 2.24) is 0 Å². The monoisotopic (exact) mass is 230 g/mol. The molecule has 3 nitrogen and oxygen atoms in total. The molecule has 1 heterocycles. The lowest BCUT2D eigenvalue weighted by Gasteiger charge is -2.32. The van der Waals surface area contributed by atoms with Crippen molar-refractivity contribution in [2.45, 2.75) is 58.9 Å². The lowest BCUT2D eigenvalue weighted by Crippen LogP contribution is -2.51. The van der Waals surface area contributed by atoms with Crippen LogP contribution in [0.15, 0.2) is 0 Å². The summed E-state index contributed by atoms with van der Waals surface area (Å²) in [6.07, 6.45) is 0. The van der Waals surface area contributed by atoms with Gasteiger partial charge >= 0.3 is 6.71 Å². The fourth-order valence-corrected chi connectivity index (χ4v) is 3.60. The molecule has 5 heteroatoms. The Morgan fingerprint density at radius 2 is 1.47 bits per heavy atom. The molecule has 0 aromatic rings. The Bertz CT molecular complexity index is 225. The largest absolute Gasteiger partial charge is 0.467 e. The average molecular weight is 230 g/mol. The second-order valence-electron chi connectivity index (χ2n) is 5.62. The van der Waals surface area contributed by atoms with E-state index in [1.54, 1.807) is 0 Å². The first-order chi connectivity index (χ1) is 6.62. The molecule has 88 valence electrons. The van der Waals surface area contributed by atoms with Crippen LogP contribution in [0.3, 0.4) is 0 Å². The molecule has 1 aliphatic rings. The highest BCUT2D eigenvalue weighted by Gasteiger charge is 2.58. The van der Waals surface area contributed by atoms with Crippen molar-refractivity contribution in [2.75, 3.05) is 6.61 Å². The molecule has 1 rings (SSSR count). The fourth-order valence-electron chi connectivity index (χ4n) is 1.57. The van der Waals surface area contributed by atoms with Crippen LogP contribution in [0, 0.1) is 0 Å². The van der Waals surface area contributed by atoms with E-state index >= 15 is 0 Å². The Labute approximate surface area is 94.7 Å². The Morgan fingerprint density at radius 3 is 1.80 bits per heavy atom. The lowest BCUT2D eigenvalue weighted by atomic mass is 9.90. The maximum absolute atomic E-state index is 6.00. The summed E-state index contributed by atoms with van der Waals surface area (Å²) in [5.74, 6) is 0. The van der Waals surface area contributed by atoms with Gasteiger partial charge in [0.25, 0.3) is 0 Å². The van der Waals surface area contributed by atoms with Gasteiger partial charge in [-0.1, -0.05) is 0 Å². The molecule has 1 aliphatic heterocycles. The zero-order chi connectivity index (χ0) is 11.9. The molecule has 0 N–H and O–H groups in total. The van der Waals surface area contributed by atoms with E-state index in [0.717, 1.165) is 6.61 Å². The van der Waals surface area contributed by atoms with Crippen molar-refractivity contribution in [2.24, 2.45) is 0 Å². The van der Waals surface area contributed by atoms with Gasteiger partial charge in [0.15, 0.2) is 0 Å². The normalized spacial score (nSPS) is 24.6. The van der Waals surface area contributed by atoms with E-state index in [1.165, 1.54) is 0 Å². The predicted molar refractivity (Wildman–Crippen MR) is 65.2 cm³/mol. The first kappa shape index (κ1) is 13.2. The van der Waals surface area contributed by atoms with Gasteiger partial charge in [-0.2, -0.15) is 0 Å². The molecular formula is C10H23BO3Si. The number of rotatable bonds is 3. The van der Waals surface area contributed by atoms with Gasteiger partial charge in [0.2, 0.25) is 8.19 Å². The standard InChI is InChI=1S/C10H23BO3Si/c1-8-12-15(6,7)11-13-9(2,3)10(4,5)14-11/h8H2,1-7H3. The van der Waals surface area contributed by atoms with Gasteiger partial charge in [0, 0.05) is 6.61 Å². The minimum absolute atomic E-state index is 0.164. The maximum Gasteiger partial charge on any atom is 0.467 e. The molecule has 0 bridgehead atoms. The SMILES string of the molecule is CCO[Si](C)(C)B1OC(C)(C)C(C)(C)O1. The van der Waals surface area contributed by atoms with E-state index in [0.29, 0.717) is 0 Å². The van der Waals surface area contributed by atoms with Gasteiger partial charge in [-0.05, 0) is 47.7 Å². The molecule has 0 unspecified atom stereocenters. The Morgan fingerprint density at radius 1 is 1.07 bits per heavy atom. The minimum atomic E-state index is -1.89. The van der Waals surface area contributed by atoms with Crippen LogP contribution >= 0.6 is 0 Å². The highest BCUT2D eigenvalue weighted by molar-refractivity contribution is 7.24. The second-order valence-corrected chi connectivity index (χ2v) is 9.59. The van der Waals surface area contributed by atoms with Crippen molar-refractivity contribution in [3.8, 4) is 0 Å². The van der Waals surface area contributed by atoms with E-state index in [-0.39, 0.29) is 17.9 Å². The fraction of sp³-hybridized carbons (Fsp3) is 1.00. The minimum Gasteiger partial charge on any atom is -0.419 e. The molecule has 0 spiro atoms. The van der Waals surface area contributed by atoms with E-state index in [1.807, 2.05) is 6.92 Å². The predicted octanol–water partition coefficient (Wildman–Crippen LogP) is 2.40. The molecular weight excluding hydrogens is 207 g/mol. The number of hydrogen-bond acceptors (Lipinski definition) is 3. The van der Waals surface area contributed by atoms with Crippen molar-refractivity contribution < 1.29 is 13.7 Å². The van der Waals surface area contributed by atoms with E-state index in [2.05, 4.69) is 40.8 Å². The molecule has 0 aromatic carbocycles. The summed E-state index contributed by atoms with van der Waals surface area (Å²) in [5.41, 5.74) is -0.502. The van der Waals surface area contributed by atoms with Crippen LogP contribution in [0.25, 0.3) is 0 Å². The lowest BCUT2D eigenvalue weighted by molar-refractivity contribution is 0.00578. The topological polar surface area (TPSA) is 27.7 Å². The molecule has 0 amide bonds. The van der Waals surface area contributed by atoms with E-state index < -0.39 is 8.19 Å². The first-order valence-electron chi connectivity index (χ1n) is 5.62. The van der Waals surface area contributed by atoms with Gasteiger partial charge < -0.3 is 13.7 Å². The summed E-state index contributed by atoms with van der Waals surface area (Å²) in [6.45, 7) is 15.1. The molecule has 1 fully saturated rings. The smallest absolute Gasteiger partial charge is 0.419 e. The van der Waals surface area contributed by atoms with Crippen LogP contribution in [0.5, 0.6) is 0 Å². The van der Waals surface area contributed by atoms with E-state index in [4.69, 9.17) is 13.7 Å². The second kappa shape index (κ2) is 3.87. The third-order valence-electron chi connectivity index (χ3n) is 3.34. The maximum atomic E-state index is 6.00. The highest BCUT2D eigenvalue weighted by Crippen LogP contribution is 2.39. The van der Waals surface area contributed by atoms with Gasteiger partial charge in [-0.25, -0.2) is 0 Å². The first-order valence-corrected chi connectivity index (χ1v) is 8.60. The zero-order valence-corrected chi connectivity index (χ0v) is 12.0. The Kier molecular flexibility index (Phi) is 3.42. The third kappa shape index (κ3) is 2.46. The molecule has 0 saturated carbocycles. The van der Waals surface area contributed by atoms with Gasteiger partial charge in [0.05, 0.1) is 11.2 Å². The Hall–Kier alpha value is 0.162. The molecule has 0 atom stereocenters. The summed E-state index contributed by atoms with van der Waals surface area (Å²) in [5, 5.41) is 0. The van der Waals surface area contributed by atoms with Gasteiger partial charge in [0.1, 0.15) is 0 Å². The number of hydrogen-bond donors (Lipinski definition) is 0. The van der Waals surface area contributed by atoms with Crippen LogP contribution in [-0.4, -0.2) is 32.7 Å².